The SMILES string of the molecule is C[C@H](c1cc2c(-n3ccc4c(cnn4C4CCCCO4)c3=O)ccnc2n1C)N1CCC(c2ccc(C(=O)O)cc2)CC1. The fourth-order valence-corrected chi connectivity index (χ4v) is 6.92. The minimum absolute atomic E-state index is 0.107. The van der Waals surface area contributed by atoms with Gasteiger partial charge in [0.1, 0.15) is 5.65 Å². The van der Waals surface area contributed by atoms with Gasteiger partial charge in [0.15, 0.2) is 6.23 Å². The molecule has 1 unspecified atom stereocenters. The number of carboxylic acid groups (broad SMARTS) is 1. The molecule has 0 saturated carbocycles. The molecule has 2 saturated heterocycles. The van der Waals surface area contributed by atoms with E-state index in [2.05, 4.69) is 27.6 Å². The van der Waals surface area contributed by atoms with Gasteiger partial charge in [-0.05, 0) is 93.9 Å². The third-order valence-corrected chi connectivity index (χ3v) is 9.43. The number of pyridine rings is 2. The highest BCUT2D eigenvalue weighted by atomic mass is 16.5. The highest BCUT2D eigenvalue weighted by Crippen LogP contribution is 2.35. The molecule has 222 valence electrons. The van der Waals surface area contributed by atoms with Crippen LogP contribution in [0.4, 0.5) is 0 Å². The Morgan fingerprint density at radius 2 is 1.84 bits per heavy atom. The number of aryl methyl sites for hydroxylation is 1. The fraction of sp³-hybridized carbons (Fsp3) is 0.394. The zero-order valence-corrected chi connectivity index (χ0v) is 24.5. The van der Waals surface area contributed by atoms with Crippen molar-refractivity contribution >= 4 is 27.9 Å². The van der Waals surface area contributed by atoms with Crippen molar-refractivity contribution in [3.8, 4) is 5.69 Å². The number of likely N-dealkylation sites (tertiary alicyclic amines) is 1. The van der Waals surface area contributed by atoms with Crippen molar-refractivity contribution in [2.24, 2.45) is 7.05 Å². The molecule has 4 aromatic heterocycles. The molecule has 43 heavy (non-hydrogen) atoms. The van der Waals surface area contributed by atoms with E-state index in [0.717, 1.165) is 73.1 Å². The molecule has 2 aliphatic rings. The molecular formula is C33H36N6O4. The zero-order chi connectivity index (χ0) is 29.7. The Morgan fingerprint density at radius 3 is 2.56 bits per heavy atom. The van der Waals surface area contributed by atoms with Gasteiger partial charge in [-0.1, -0.05) is 12.1 Å². The lowest BCUT2D eigenvalue weighted by atomic mass is 9.88. The van der Waals surface area contributed by atoms with Crippen molar-refractivity contribution in [2.45, 2.75) is 57.2 Å². The summed E-state index contributed by atoms with van der Waals surface area (Å²) in [6.07, 6.45) is 10.2. The summed E-state index contributed by atoms with van der Waals surface area (Å²) < 4.78 is 11.6. The summed E-state index contributed by atoms with van der Waals surface area (Å²) in [6.45, 7) is 4.83. The van der Waals surface area contributed by atoms with E-state index in [1.807, 2.05) is 42.2 Å². The molecule has 1 aromatic carbocycles. The van der Waals surface area contributed by atoms with E-state index in [4.69, 9.17) is 9.72 Å². The van der Waals surface area contributed by atoms with Crippen LogP contribution in [0.15, 0.2) is 65.8 Å². The number of piperidine rings is 1. The lowest BCUT2D eigenvalue weighted by molar-refractivity contribution is -0.0366. The van der Waals surface area contributed by atoms with Crippen LogP contribution in [0, 0.1) is 0 Å². The Kier molecular flexibility index (Phi) is 7.10. The van der Waals surface area contributed by atoms with Gasteiger partial charge in [-0.15, -0.1) is 0 Å². The first-order valence-electron chi connectivity index (χ1n) is 15.1. The normalized spacial score (nSPS) is 19.3. The molecule has 0 spiro atoms. The predicted molar refractivity (Wildman–Crippen MR) is 164 cm³/mol. The second-order valence-corrected chi connectivity index (χ2v) is 11.8. The molecule has 0 bridgehead atoms. The number of carbonyl (C=O) groups is 1. The molecule has 2 atom stereocenters. The van der Waals surface area contributed by atoms with E-state index in [-0.39, 0.29) is 17.8 Å². The van der Waals surface area contributed by atoms with Crippen LogP contribution in [0.1, 0.15) is 78.8 Å². The molecule has 1 N–H and O–H groups in total. The maximum Gasteiger partial charge on any atom is 0.335 e. The molecule has 5 aromatic rings. The Hall–Kier alpha value is -4.28. The first kappa shape index (κ1) is 27.5. The molecule has 2 fully saturated rings. The van der Waals surface area contributed by atoms with E-state index >= 15 is 0 Å². The first-order chi connectivity index (χ1) is 20.9. The van der Waals surface area contributed by atoms with Gasteiger partial charge in [-0.2, -0.15) is 5.10 Å². The molecule has 0 radical (unpaired) electrons. The Labute approximate surface area is 249 Å². The lowest BCUT2D eigenvalue weighted by Crippen LogP contribution is -2.35. The molecule has 0 aliphatic carbocycles. The van der Waals surface area contributed by atoms with Gasteiger partial charge in [-0.3, -0.25) is 14.3 Å². The van der Waals surface area contributed by atoms with E-state index in [1.54, 1.807) is 29.1 Å². The summed E-state index contributed by atoms with van der Waals surface area (Å²) >= 11 is 0. The number of carboxylic acids is 1. The lowest BCUT2D eigenvalue weighted by Gasteiger charge is -2.36. The van der Waals surface area contributed by atoms with Crippen molar-refractivity contribution in [2.75, 3.05) is 19.7 Å². The van der Waals surface area contributed by atoms with E-state index in [0.29, 0.717) is 23.5 Å². The molecule has 0 amide bonds. The second kappa shape index (κ2) is 11.1. The highest BCUT2D eigenvalue weighted by Gasteiger charge is 2.27. The molecule has 10 nitrogen and oxygen atoms in total. The zero-order valence-electron chi connectivity index (χ0n) is 24.5. The van der Waals surface area contributed by atoms with Gasteiger partial charge in [0.05, 0.1) is 28.4 Å². The van der Waals surface area contributed by atoms with Gasteiger partial charge in [0.2, 0.25) is 0 Å². The summed E-state index contributed by atoms with van der Waals surface area (Å²) in [7, 11) is 2.04. The van der Waals surface area contributed by atoms with Gasteiger partial charge in [-0.25, -0.2) is 14.5 Å². The monoisotopic (exact) mass is 580 g/mol. The van der Waals surface area contributed by atoms with Crippen LogP contribution >= 0.6 is 0 Å². The third-order valence-electron chi connectivity index (χ3n) is 9.43. The van der Waals surface area contributed by atoms with Crippen molar-refractivity contribution in [1.82, 2.24) is 28.8 Å². The number of aromatic nitrogens is 5. The van der Waals surface area contributed by atoms with Crippen molar-refractivity contribution in [3.05, 3.63) is 88.2 Å². The number of hydrogen-bond donors (Lipinski definition) is 1. The summed E-state index contributed by atoms with van der Waals surface area (Å²) in [5.41, 5.74) is 5.00. The van der Waals surface area contributed by atoms with Crippen LogP contribution < -0.4 is 5.56 Å². The minimum atomic E-state index is -0.894. The standard InChI is InChI=1S/C33H36N6O4/c1-21(37-15-11-23(12-16-37)22-6-8-24(9-7-22)33(41)42)29-19-25-27(10-14-34-31(25)36(29)2)38-17-13-28-26(32(38)40)20-35-39(28)30-5-3-4-18-43-30/h6-10,13-14,17,19-21,23,30H,3-5,11-12,15-16,18H2,1-2H3,(H,41,42)/t21-,30?/m1/s1. The van der Waals surface area contributed by atoms with Gasteiger partial charge in [0.25, 0.3) is 5.56 Å². The maximum absolute atomic E-state index is 13.7. The second-order valence-electron chi connectivity index (χ2n) is 11.8. The van der Waals surface area contributed by atoms with Gasteiger partial charge < -0.3 is 14.4 Å². The molecule has 7 rings (SSSR count). The topological polar surface area (TPSA) is 107 Å². The van der Waals surface area contributed by atoms with Crippen molar-refractivity contribution in [3.63, 3.8) is 0 Å². The average molecular weight is 581 g/mol. The van der Waals surface area contributed by atoms with E-state index in [9.17, 15) is 14.7 Å². The quantitative estimate of drug-likeness (QED) is 0.286. The third kappa shape index (κ3) is 4.84. The van der Waals surface area contributed by atoms with Crippen LogP contribution in [-0.4, -0.2) is 59.6 Å². The first-order valence-corrected chi connectivity index (χ1v) is 15.1. The number of hydrogen-bond acceptors (Lipinski definition) is 6. The Morgan fingerprint density at radius 1 is 1.05 bits per heavy atom. The Bertz CT molecular complexity index is 1860. The van der Waals surface area contributed by atoms with Gasteiger partial charge >= 0.3 is 5.97 Å². The maximum atomic E-state index is 13.7. The number of ether oxygens (including phenoxy) is 1. The van der Waals surface area contributed by atoms with Crippen LogP contribution in [-0.2, 0) is 11.8 Å². The summed E-state index contributed by atoms with van der Waals surface area (Å²) in [5.74, 6) is -0.475. The van der Waals surface area contributed by atoms with Crippen LogP contribution in [0.5, 0.6) is 0 Å². The summed E-state index contributed by atoms with van der Waals surface area (Å²) in [5, 5.41) is 15.3. The smallest absolute Gasteiger partial charge is 0.335 e. The van der Waals surface area contributed by atoms with Crippen molar-refractivity contribution < 1.29 is 14.6 Å². The fourth-order valence-electron chi connectivity index (χ4n) is 6.92. The molecule has 2 aliphatic heterocycles. The molecular weight excluding hydrogens is 544 g/mol. The summed E-state index contributed by atoms with van der Waals surface area (Å²) in [6, 6.07) is 13.5. The van der Waals surface area contributed by atoms with Crippen LogP contribution in [0.2, 0.25) is 0 Å². The number of rotatable bonds is 6. The summed E-state index contributed by atoms with van der Waals surface area (Å²) in [4.78, 5) is 32.2. The average Bonchev–Trinajstić information content (AvgIpc) is 3.63. The Balaban J connectivity index is 1.15. The number of fused-ring (bicyclic) bond motifs is 2. The van der Waals surface area contributed by atoms with Crippen LogP contribution in [0.25, 0.3) is 27.6 Å². The number of nitrogens with zero attached hydrogens (tertiary/aromatic N) is 6. The van der Waals surface area contributed by atoms with Crippen molar-refractivity contribution in [1.29, 1.82) is 0 Å². The predicted octanol–water partition coefficient (Wildman–Crippen LogP) is 5.41. The molecule has 10 heteroatoms. The van der Waals surface area contributed by atoms with Gasteiger partial charge in [0, 0.05) is 43.2 Å². The highest BCUT2D eigenvalue weighted by molar-refractivity contribution is 5.88. The van der Waals surface area contributed by atoms with Crippen LogP contribution in [0.3, 0.4) is 0 Å². The number of aromatic carboxylic acids is 1. The minimum Gasteiger partial charge on any atom is -0.478 e. The molecule has 6 heterocycles. The number of benzene rings is 1. The largest absolute Gasteiger partial charge is 0.478 e. The van der Waals surface area contributed by atoms with E-state index < -0.39 is 5.97 Å². The van der Waals surface area contributed by atoms with E-state index in [1.165, 1.54) is 5.56 Å².